The van der Waals surface area contributed by atoms with Crippen LogP contribution in [0.3, 0.4) is 0 Å². The third-order valence-electron chi connectivity index (χ3n) is 1.96. The molecule has 0 aliphatic rings. The van der Waals surface area contributed by atoms with E-state index in [1.54, 1.807) is 18.2 Å². The van der Waals surface area contributed by atoms with E-state index >= 15 is 0 Å². The monoisotopic (exact) mass is 374 g/mol. The summed E-state index contributed by atoms with van der Waals surface area (Å²) < 4.78 is 45.6. The first-order chi connectivity index (χ1) is 8.33. The first kappa shape index (κ1) is 15.2. The number of hydrogen-bond donors (Lipinski definition) is 0. The predicted octanol–water partition coefficient (Wildman–Crippen LogP) is 3.06. The molecule has 0 heterocycles. The van der Waals surface area contributed by atoms with Crippen molar-refractivity contribution >= 4 is 28.4 Å². The standard InChI is InChI=1S/C11H10F3IO3/c1-17-10-3-2-7(15)4-8(10)9(16)5-18-6-11(12,13)14/h2-4H,5-6H2,1H3. The number of halogens is 4. The van der Waals surface area contributed by atoms with Crippen LogP contribution in [0.1, 0.15) is 10.4 Å². The minimum Gasteiger partial charge on any atom is -0.496 e. The average molecular weight is 374 g/mol. The van der Waals surface area contributed by atoms with E-state index in [1.165, 1.54) is 7.11 Å². The van der Waals surface area contributed by atoms with Crippen molar-refractivity contribution in [3.63, 3.8) is 0 Å². The van der Waals surface area contributed by atoms with E-state index < -0.39 is 25.2 Å². The molecule has 0 aromatic heterocycles. The van der Waals surface area contributed by atoms with Crippen LogP contribution in [-0.2, 0) is 4.74 Å². The maximum atomic E-state index is 11.9. The van der Waals surface area contributed by atoms with Crippen LogP contribution in [0.2, 0.25) is 0 Å². The molecule has 0 spiro atoms. The Bertz CT molecular complexity index is 432. The summed E-state index contributed by atoms with van der Waals surface area (Å²) in [6.07, 6.45) is -4.44. The second-order valence-electron chi connectivity index (χ2n) is 3.38. The van der Waals surface area contributed by atoms with E-state index in [1.807, 2.05) is 22.6 Å². The minimum atomic E-state index is -4.44. The summed E-state index contributed by atoms with van der Waals surface area (Å²) >= 11 is 1.99. The van der Waals surface area contributed by atoms with Crippen LogP contribution in [0.4, 0.5) is 13.2 Å². The van der Waals surface area contributed by atoms with Crippen LogP contribution in [0.25, 0.3) is 0 Å². The molecular weight excluding hydrogens is 364 g/mol. The highest BCUT2D eigenvalue weighted by molar-refractivity contribution is 14.1. The molecule has 3 nitrogen and oxygen atoms in total. The minimum absolute atomic E-state index is 0.214. The van der Waals surface area contributed by atoms with Crippen molar-refractivity contribution in [2.24, 2.45) is 0 Å². The van der Waals surface area contributed by atoms with Crippen molar-refractivity contribution < 1.29 is 27.4 Å². The summed E-state index contributed by atoms with van der Waals surface area (Å²) in [7, 11) is 1.38. The molecule has 7 heteroatoms. The van der Waals surface area contributed by atoms with Gasteiger partial charge in [0.05, 0.1) is 12.7 Å². The quantitative estimate of drug-likeness (QED) is 0.587. The van der Waals surface area contributed by atoms with Crippen molar-refractivity contribution in [1.82, 2.24) is 0 Å². The van der Waals surface area contributed by atoms with Crippen LogP contribution < -0.4 is 4.74 Å². The highest BCUT2D eigenvalue weighted by Crippen LogP contribution is 2.22. The zero-order chi connectivity index (χ0) is 13.8. The maximum Gasteiger partial charge on any atom is 0.411 e. The van der Waals surface area contributed by atoms with Crippen LogP contribution >= 0.6 is 22.6 Å². The van der Waals surface area contributed by atoms with Gasteiger partial charge in [-0.15, -0.1) is 0 Å². The number of ether oxygens (including phenoxy) is 2. The molecule has 18 heavy (non-hydrogen) atoms. The van der Waals surface area contributed by atoms with Crippen molar-refractivity contribution in [2.45, 2.75) is 6.18 Å². The molecule has 0 aliphatic heterocycles. The van der Waals surface area contributed by atoms with Crippen molar-refractivity contribution in [3.05, 3.63) is 27.3 Å². The lowest BCUT2D eigenvalue weighted by Gasteiger charge is -2.09. The van der Waals surface area contributed by atoms with Gasteiger partial charge in [-0.05, 0) is 40.8 Å². The van der Waals surface area contributed by atoms with E-state index in [4.69, 9.17) is 4.74 Å². The Morgan fingerprint density at radius 2 is 2.06 bits per heavy atom. The van der Waals surface area contributed by atoms with E-state index in [-0.39, 0.29) is 5.56 Å². The van der Waals surface area contributed by atoms with Gasteiger partial charge in [0.2, 0.25) is 0 Å². The van der Waals surface area contributed by atoms with Gasteiger partial charge in [-0.25, -0.2) is 0 Å². The Morgan fingerprint density at radius 1 is 1.39 bits per heavy atom. The van der Waals surface area contributed by atoms with Crippen molar-refractivity contribution in [1.29, 1.82) is 0 Å². The lowest BCUT2D eigenvalue weighted by Crippen LogP contribution is -2.20. The van der Waals surface area contributed by atoms with Gasteiger partial charge in [0, 0.05) is 3.57 Å². The van der Waals surface area contributed by atoms with Crippen LogP contribution in [0, 0.1) is 3.57 Å². The number of ketones is 1. The molecule has 0 fully saturated rings. The largest absolute Gasteiger partial charge is 0.496 e. The number of carbonyl (C=O) groups is 1. The third kappa shape index (κ3) is 4.81. The highest BCUT2D eigenvalue weighted by atomic mass is 127. The first-order valence-corrected chi connectivity index (χ1v) is 5.92. The average Bonchev–Trinajstić information content (AvgIpc) is 2.27. The van der Waals surface area contributed by atoms with Gasteiger partial charge in [0.25, 0.3) is 0 Å². The molecule has 0 bridgehead atoms. The van der Waals surface area contributed by atoms with Crippen LogP contribution in [0.15, 0.2) is 18.2 Å². The van der Waals surface area contributed by atoms with Gasteiger partial charge in [-0.3, -0.25) is 4.79 Å². The zero-order valence-electron chi connectivity index (χ0n) is 9.38. The van der Waals surface area contributed by atoms with Crippen molar-refractivity contribution in [2.75, 3.05) is 20.3 Å². The molecule has 1 aromatic rings. The van der Waals surface area contributed by atoms with Gasteiger partial charge >= 0.3 is 6.18 Å². The lowest BCUT2D eigenvalue weighted by atomic mass is 10.1. The SMILES string of the molecule is COc1ccc(I)cc1C(=O)COCC(F)(F)F. The van der Waals surface area contributed by atoms with Gasteiger partial charge in [-0.1, -0.05) is 0 Å². The summed E-state index contributed by atoms with van der Waals surface area (Å²) in [4.78, 5) is 11.7. The molecule has 1 rings (SSSR count). The Hall–Kier alpha value is -0.830. The third-order valence-corrected chi connectivity index (χ3v) is 2.63. The molecule has 0 N–H and O–H groups in total. The summed E-state index contributed by atoms with van der Waals surface area (Å²) in [5.74, 6) is -0.231. The normalized spacial score (nSPS) is 11.4. The van der Waals surface area contributed by atoms with Gasteiger partial charge < -0.3 is 9.47 Å². The Balaban J connectivity index is 2.69. The molecule has 0 amide bonds. The van der Waals surface area contributed by atoms with Gasteiger partial charge in [0.1, 0.15) is 19.0 Å². The number of hydrogen-bond acceptors (Lipinski definition) is 3. The number of methoxy groups -OCH3 is 1. The fraction of sp³-hybridized carbons (Fsp3) is 0.364. The fourth-order valence-corrected chi connectivity index (χ4v) is 1.73. The maximum absolute atomic E-state index is 11.9. The second-order valence-corrected chi connectivity index (χ2v) is 4.62. The summed E-state index contributed by atoms with van der Waals surface area (Å²) in [5, 5.41) is 0. The van der Waals surface area contributed by atoms with Gasteiger partial charge in [-0.2, -0.15) is 13.2 Å². The van der Waals surface area contributed by atoms with E-state index in [9.17, 15) is 18.0 Å². The van der Waals surface area contributed by atoms with E-state index in [2.05, 4.69) is 4.74 Å². The molecule has 0 aliphatic carbocycles. The predicted molar refractivity (Wildman–Crippen MR) is 66.9 cm³/mol. The second kappa shape index (κ2) is 6.37. The first-order valence-electron chi connectivity index (χ1n) is 4.84. The Kier molecular flexibility index (Phi) is 5.39. The number of benzene rings is 1. The molecule has 0 saturated carbocycles. The molecular formula is C11H10F3IO3. The molecule has 0 atom stereocenters. The molecule has 0 radical (unpaired) electrons. The topological polar surface area (TPSA) is 35.5 Å². The zero-order valence-corrected chi connectivity index (χ0v) is 11.5. The van der Waals surface area contributed by atoms with Gasteiger partial charge in [0.15, 0.2) is 5.78 Å². The molecule has 0 unspecified atom stereocenters. The van der Waals surface area contributed by atoms with Crippen LogP contribution in [-0.4, -0.2) is 32.3 Å². The highest BCUT2D eigenvalue weighted by Gasteiger charge is 2.28. The number of rotatable bonds is 5. The Morgan fingerprint density at radius 3 is 2.61 bits per heavy atom. The number of Topliss-reactive ketones (excluding diaryl/α,β-unsaturated/α-hetero) is 1. The van der Waals surface area contributed by atoms with Crippen LogP contribution in [0.5, 0.6) is 5.75 Å². The number of alkyl halides is 3. The Labute approximate surface area is 115 Å². The number of carbonyl (C=O) groups excluding carboxylic acids is 1. The molecule has 100 valence electrons. The smallest absolute Gasteiger partial charge is 0.411 e. The lowest BCUT2D eigenvalue weighted by molar-refractivity contribution is -0.170. The van der Waals surface area contributed by atoms with E-state index in [0.717, 1.165) is 3.57 Å². The summed E-state index contributed by atoms with van der Waals surface area (Å²) in [6.45, 7) is -2.07. The van der Waals surface area contributed by atoms with Crippen molar-refractivity contribution in [3.8, 4) is 5.75 Å². The fourth-order valence-electron chi connectivity index (χ4n) is 1.24. The summed E-state index contributed by atoms with van der Waals surface area (Å²) in [5.41, 5.74) is 0.214. The van der Waals surface area contributed by atoms with E-state index in [0.29, 0.717) is 5.75 Å². The summed E-state index contributed by atoms with van der Waals surface area (Å²) in [6, 6.07) is 4.85. The molecule has 0 saturated heterocycles. The molecule has 1 aromatic carbocycles.